The highest BCUT2D eigenvalue weighted by molar-refractivity contribution is 7.91. The van der Waals surface area contributed by atoms with Gasteiger partial charge in [-0.3, -0.25) is 14.2 Å². The van der Waals surface area contributed by atoms with Gasteiger partial charge in [-0.25, -0.2) is 13.4 Å². The highest BCUT2D eigenvalue weighted by Crippen LogP contribution is 2.20. The van der Waals surface area contributed by atoms with Crippen LogP contribution in [0.2, 0.25) is 0 Å². The molecule has 1 N–H and O–H groups in total. The fourth-order valence-electron chi connectivity index (χ4n) is 2.40. The van der Waals surface area contributed by atoms with Crippen molar-refractivity contribution in [3.8, 4) is 0 Å². The molecule has 0 atom stereocenters. The molecule has 0 saturated heterocycles. The van der Waals surface area contributed by atoms with E-state index in [1.54, 1.807) is 24.3 Å². The molecule has 7 nitrogen and oxygen atoms in total. The summed E-state index contributed by atoms with van der Waals surface area (Å²) in [4.78, 5) is 28.0. The number of sulfone groups is 1. The van der Waals surface area contributed by atoms with Crippen molar-refractivity contribution in [3.05, 3.63) is 65.2 Å². The van der Waals surface area contributed by atoms with E-state index in [0.29, 0.717) is 10.9 Å². The second-order valence-corrected chi connectivity index (χ2v) is 7.49. The van der Waals surface area contributed by atoms with Crippen LogP contribution in [0.15, 0.2) is 64.5 Å². The van der Waals surface area contributed by atoms with Crippen LogP contribution in [0.3, 0.4) is 0 Å². The maximum absolute atomic E-state index is 12.5. The number of para-hydroxylation sites is 1. The number of hydrogen-bond acceptors (Lipinski definition) is 5. The molecule has 0 aliphatic heterocycles. The molecular formula is C17H13F2N3O4S. The minimum Gasteiger partial charge on any atom is -0.325 e. The maximum Gasteiger partial charge on any atom is 0.341 e. The Morgan fingerprint density at radius 2 is 1.78 bits per heavy atom. The Bertz CT molecular complexity index is 1160. The summed E-state index contributed by atoms with van der Waals surface area (Å²) < 4.78 is 48.9. The molecule has 0 bridgehead atoms. The van der Waals surface area contributed by atoms with Gasteiger partial charge in [0.2, 0.25) is 15.7 Å². The van der Waals surface area contributed by atoms with Crippen LogP contribution in [0.4, 0.5) is 14.5 Å². The third kappa shape index (κ3) is 3.85. The molecule has 1 heterocycles. The first-order valence-corrected chi connectivity index (χ1v) is 9.20. The van der Waals surface area contributed by atoms with Crippen LogP contribution in [0.25, 0.3) is 10.9 Å². The molecule has 3 rings (SSSR count). The Balaban J connectivity index is 1.75. The van der Waals surface area contributed by atoms with Crippen molar-refractivity contribution in [2.24, 2.45) is 0 Å². The first-order chi connectivity index (χ1) is 12.8. The number of rotatable bonds is 5. The van der Waals surface area contributed by atoms with Crippen LogP contribution >= 0.6 is 0 Å². The van der Waals surface area contributed by atoms with E-state index in [-0.39, 0.29) is 17.8 Å². The lowest BCUT2D eigenvalue weighted by atomic mass is 10.2. The van der Waals surface area contributed by atoms with Gasteiger partial charge < -0.3 is 5.32 Å². The van der Waals surface area contributed by atoms with E-state index in [2.05, 4.69) is 10.3 Å². The average Bonchev–Trinajstić information content (AvgIpc) is 2.64. The summed E-state index contributed by atoms with van der Waals surface area (Å²) in [6.45, 7) is -0.312. The summed E-state index contributed by atoms with van der Waals surface area (Å²) in [6, 6.07) is 11.0. The predicted octanol–water partition coefficient (Wildman–Crippen LogP) is 2.03. The van der Waals surface area contributed by atoms with Crippen LogP contribution in [-0.2, 0) is 21.2 Å². The molecule has 1 aromatic heterocycles. The zero-order chi connectivity index (χ0) is 19.6. The van der Waals surface area contributed by atoms with Gasteiger partial charge in [-0.1, -0.05) is 12.1 Å². The summed E-state index contributed by atoms with van der Waals surface area (Å²) in [7, 11) is -4.70. The number of anilines is 1. The van der Waals surface area contributed by atoms with E-state index in [1.165, 1.54) is 18.5 Å². The van der Waals surface area contributed by atoms with Crippen molar-refractivity contribution in [2.45, 2.75) is 17.2 Å². The third-order valence-electron chi connectivity index (χ3n) is 3.75. The van der Waals surface area contributed by atoms with Crippen molar-refractivity contribution in [1.82, 2.24) is 9.55 Å². The van der Waals surface area contributed by atoms with Crippen molar-refractivity contribution in [3.63, 3.8) is 0 Å². The molecule has 0 radical (unpaired) electrons. The van der Waals surface area contributed by atoms with Gasteiger partial charge in [0, 0.05) is 5.69 Å². The molecule has 0 spiro atoms. The number of carbonyl (C=O) groups is 1. The zero-order valence-corrected chi connectivity index (χ0v) is 14.5. The number of benzene rings is 2. The van der Waals surface area contributed by atoms with Gasteiger partial charge in [0.25, 0.3) is 5.56 Å². The van der Waals surface area contributed by atoms with Crippen LogP contribution in [0.1, 0.15) is 0 Å². The van der Waals surface area contributed by atoms with E-state index in [9.17, 15) is 26.8 Å². The smallest absolute Gasteiger partial charge is 0.325 e. The Labute approximate surface area is 152 Å². The number of nitrogens with zero attached hydrogens (tertiary/aromatic N) is 2. The van der Waals surface area contributed by atoms with Gasteiger partial charge >= 0.3 is 5.76 Å². The molecule has 0 aliphatic rings. The number of amides is 1. The molecule has 10 heteroatoms. The van der Waals surface area contributed by atoms with Crippen LogP contribution in [0, 0.1) is 0 Å². The Kier molecular flexibility index (Phi) is 5.00. The van der Waals surface area contributed by atoms with Crippen LogP contribution in [-0.4, -0.2) is 29.6 Å². The zero-order valence-electron chi connectivity index (χ0n) is 13.7. The molecule has 0 aliphatic carbocycles. The number of hydrogen-bond donors (Lipinski definition) is 1. The molecule has 0 saturated carbocycles. The quantitative estimate of drug-likeness (QED) is 0.715. The Hall–Kier alpha value is -3.14. The molecule has 27 heavy (non-hydrogen) atoms. The minimum absolute atomic E-state index is 0.204. The summed E-state index contributed by atoms with van der Waals surface area (Å²) in [5.74, 6) is -4.08. The summed E-state index contributed by atoms with van der Waals surface area (Å²) in [5.41, 5.74) is 0.333. The van der Waals surface area contributed by atoms with Gasteiger partial charge in [0.1, 0.15) is 6.54 Å². The van der Waals surface area contributed by atoms with Crippen LogP contribution < -0.4 is 10.9 Å². The summed E-state index contributed by atoms with van der Waals surface area (Å²) in [6.07, 6.45) is 1.25. The number of carbonyl (C=O) groups excluding carboxylic acids is 1. The molecule has 140 valence electrons. The van der Waals surface area contributed by atoms with Gasteiger partial charge in [-0.05, 0) is 36.4 Å². The normalized spacial score (nSPS) is 11.7. The minimum atomic E-state index is -4.70. The van der Waals surface area contributed by atoms with Gasteiger partial charge in [0.15, 0.2) is 0 Å². The lowest BCUT2D eigenvalue weighted by Gasteiger charge is -2.09. The van der Waals surface area contributed by atoms with Crippen LogP contribution in [0.5, 0.6) is 0 Å². The second-order valence-electron chi connectivity index (χ2n) is 5.57. The maximum atomic E-state index is 12.5. The number of aromatic nitrogens is 2. The second kappa shape index (κ2) is 7.23. The monoisotopic (exact) mass is 393 g/mol. The average molecular weight is 393 g/mol. The van der Waals surface area contributed by atoms with Crippen molar-refractivity contribution < 1.29 is 22.0 Å². The first-order valence-electron chi connectivity index (χ1n) is 7.65. The molecule has 0 unspecified atom stereocenters. The number of fused-ring (bicyclic) bond motifs is 1. The largest absolute Gasteiger partial charge is 0.341 e. The number of halogens is 2. The standard InChI is InChI=1S/C17H13F2N3O4S/c18-17(19)27(25,26)12-7-5-11(6-8-12)21-15(23)9-22-10-20-14-4-2-1-3-13(14)16(22)24/h1-8,10,17H,9H2,(H,21,23). The third-order valence-corrected chi connectivity index (χ3v) is 5.15. The SMILES string of the molecule is O=C(Cn1cnc2ccccc2c1=O)Nc1ccc(S(=O)(=O)C(F)F)cc1. The highest BCUT2D eigenvalue weighted by atomic mass is 32.2. The molecule has 1 amide bonds. The van der Waals surface area contributed by atoms with Gasteiger partial charge in [0.05, 0.1) is 22.1 Å². The van der Waals surface area contributed by atoms with Gasteiger partial charge in [-0.2, -0.15) is 8.78 Å². The van der Waals surface area contributed by atoms with E-state index >= 15 is 0 Å². The lowest BCUT2D eigenvalue weighted by Crippen LogP contribution is -2.27. The van der Waals surface area contributed by atoms with Gasteiger partial charge in [-0.15, -0.1) is 0 Å². The van der Waals surface area contributed by atoms with E-state index in [1.807, 2.05) is 0 Å². The predicted molar refractivity (Wildman–Crippen MR) is 94.3 cm³/mol. The fourth-order valence-corrected chi connectivity index (χ4v) is 3.13. The van der Waals surface area contributed by atoms with Crippen molar-refractivity contribution in [2.75, 3.05) is 5.32 Å². The van der Waals surface area contributed by atoms with Crippen molar-refractivity contribution >= 4 is 32.3 Å². The van der Waals surface area contributed by atoms with Crippen molar-refractivity contribution in [1.29, 1.82) is 0 Å². The summed E-state index contributed by atoms with van der Waals surface area (Å²) >= 11 is 0. The molecule has 3 aromatic rings. The molecular weight excluding hydrogens is 380 g/mol. The molecule has 0 fully saturated rings. The topological polar surface area (TPSA) is 98.1 Å². The lowest BCUT2D eigenvalue weighted by molar-refractivity contribution is -0.116. The van der Waals surface area contributed by atoms with E-state index < -0.39 is 26.4 Å². The summed E-state index contributed by atoms with van der Waals surface area (Å²) in [5, 5.41) is 2.83. The molecule has 2 aromatic carbocycles. The van der Waals surface area contributed by atoms with E-state index in [4.69, 9.17) is 0 Å². The fraction of sp³-hybridized carbons (Fsp3) is 0.118. The highest BCUT2D eigenvalue weighted by Gasteiger charge is 2.26. The number of nitrogens with one attached hydrogen (secondary N) is 1. The van der Waals surface area contributed by atoms with E-state index in [0.717, 1.165) is 16.7 Å². The Morgan fingerprint density at radius 1 is 1.11 bits per heavy atom. The Morgan fingerprint density at radius 3 is 2.44 bits per heavy atom. The first kappa shape index (κ1) is 18.6. The number of alkyl halides is 2.